The Morgan fingerprint density at radius 1 is 1.19 bits per heavy atom. The van der Waals surface area contributed by atoms with E-state index >= 15 is 0 Å². The molecule has 0 saturated heterocycles. The zero-order valence-corrected chi connectivity index (χ0v) is 12.7. The van der Waals surface area contributed by atoms with Gasteiger partial charge in [0, 0.05) is 17.6 Å². The molecule has 0 heterocycles. The number of hydrogen-bond donors (Lipinski definition) is 1. The van der Waals surface area contributed by atoms with Gasteiger partial charge in [-0.3, -0.25) is 0 Å². The van der Waals surface area contributed by atoms with Gasteiger partial charge in [0.25, 0.3) is 0 Å². The van der Waals surface area contributed by atoms with Crippen LogP contribution in [0.25, 0.3) is 0 Å². The van der Waals surface area contributed by atoms with Gasteiger partial charge in [-0.15, -0.1) is 0 Å². The first-order valence-corrected chi connectivity index (χ1v) is 6.86. The molecular formula is C16H17ClN2O2. The smallest absolute Gasteiger partial charge is 0.170 e. The topological polar surface area (TPSA) is 42.9 Å². The Balaban J connectivity index is 2.20. The molecule has 0 atom stereocenters. The van der Waals surface area contributed by atoms with Gasteiger partial charge in [-0.1, -0.05) is 29.8 Å². The van der Waals surface area contributed by atoms with E-state index in [0.717, 1.165) is 11.1 Å². The number of hydrazone groups is 1. The highest BCUT2D eigenvalue weighted by atomic mass is 35.5. The van der Waals surface area contributed by atoms with Gasteiger partial charge >= 0.3 is 0 Å². The standard InChI is InChI=1S/C16H17ClN2O2/c1-18-19-10-13-4-3-5-15(20-2)16(13)21-11-12-6-8-14(17)9-7-12/h3-10,18H,11H2,1-2H3/b19-10+. The van der Waals surface area contributed by atoms with Crippen LogP contribution >= 0.6 is 11.6 Å². The minimum atomic E-state index is 0.429. The van der Waals surface area contributed by atoms with Gasteiger partial charge in [-0.25, -0.2) is 0 Å². The van der Waals surface area contributed by atoms with Crippen molar-refractivity contribution in [2.45, 2.75) is 6.61 Å². The van der Waals surface area contributed by atoms with Crippen molar-refractivity contribution in [3.8, 4) is 11.5 Å². The molecule has 2 rings (SSSR count). The number of ether oxygens (including phenoxy) is 2. The van der Waals surface area contributed by atoms with E-state index in [1.165, 1.54) is 0 Å². The molecule has 0 aliphatic carbocycles. The molecule has 0 radical (unpaired) electrons. The summed E-state index contributed by atoms with van der Waals surface area (Å²) in [5, 5.41) is 4.72. The van der Waals surface area contributed by atoms with Crippen LogP contribution in [0.5, 0.6) is 11.5 Å². The van der Waals surface area contributed by atoms with Crippen LogP contribution in [0.15, 0.2) is 47.6 Å². The number of halogens is 1. The van der Waals surface area contributed by atoms with Gasteiger partial charge in [0.05, 0.1) is 13.3 Å². The molecule has 0 unspecified atom stereocenters. The van der Waals surface area contributed by atoms with Crippen LogP contribution < -0.4 is 14.9 Å². The van der Waals surface area contributed by atoms with Crippen LogP contribution in [-0.2, 0) is 6.61 Å². The largest absolute Gasteiger partial charge is 0.493 e. The Morgan fingerprint density at radius 3 is 2.62 bits per heavy atom. The second kappa shape index (κ2) is 7.55. The predicted molar refractivity (Wildman–Crippen MR) is 85.4 cm³/mol. The van der Waals surface area contributed by atoms with Crippen LogP contribution in [0.3, 0.4) is 0 Å². The number of para-hydroxylation sites is 1. The van der Waals surface area contributed by atoms with Crippen LogP contribution in [0.1, 0.15) is 11.1 Å². The van der Waals surface area contributed by atoms with Gasteiger partial charge in [-0.05, 0) is 29.8 Å². The maximum absolute atomic E-state index is 5.90. The number of benzene rings is 2. The van der Waals surface area contributed by atoms with Crippen molar-refractivity contribution in [3.05, 3.63) is 58.6 Å². The van der Waals surface area contributed by atoms with E-state index in [2.05, 4.69) is 10.5 Å². The number of methoxy groups -OCH3 is 1. The molecule has 5 heteroatoms. The zero-order chi connectivity index (χ0) is 15.1. The summed E-state index contributed by atoms with van der Waals surface area (Å²) >= 11 is 5.87. The molecule has 0 spiro atoms. The molecule has 4 nitrogen and oxygen atoms in total. The van der Waals surface area contributed by atoms with Crippen LogP contribution in [-0.4, -0.2) is 20.4 Å². The van der Waals surface area contributed by atoms with E-state index in [-0.39, 0.29) is 0 Å². The first kappa shape index (κ1) is 15.2. The lowest BCUT2D eigenvalue weighted by Gasteiger charge is -2.13. The quantitative estimate of drug-likeness (QED) is 0.656. The highest BCUT2D eigenvalue weighted by Crippen LogP contribution is 2.30. The maximum Gasteiger partial charge on any atom is 0.170 e. The Morgan fingerprint density at radius 2 is 1.95 bits per heavy atom. The summed E-state index contributed by atoms with van der Waals surface area (Å²) < 4.78 is 11.2. The Labute approximate surface area is 129 Å². The number of rotatable bonds is 6. The van der Waals surface area contributed by atoms with E-state index in [0.29, 0.717) is 23.1 Å². The molecule has 0 amide bonds. The van der Waals surface area contributed by atoms with E-state index in [9.17, 15) is 0 Å². The van der Waals surface area contributed by atoms with Crippen molar-refractivity contribution in [2.75, 3.05) is 14.2 Å². The molecule has 0 aromatic heterocycles. The van der Waals surface area contributed by atoms with Gasteiger partial charge in [0.1, 0.15) is 6.61 Å². The summed E-state index contributed by atoms with van der Waals surface area (Å²) in [6, 6.07) is 13.2. The van der Waals surface area contributed by atoms with Crippen molar-refractivity contribution in [2.24, 2.45) is 5.10 Å². The van der Waals surface area contributed by atoms with Crippen molar-refractivity contribution in [1.29, 1.82) is 0 Å². The lowest BCUT2D eigenvalue weighted by molar-refractivity contribution is 0.284. The van der Waals surface area contributed by atoms with E-state index < -0.39 is 0 Å². The molecular weight excluding hydrogens is 288 g/mol. The number of nitrogens with zero attached hydrogens (tertiary/aromatic N) is 1. The molecule has 0 aliphatic rings. The number of hydrogen-bond acceptors (Lipinski definition) is 4. The molecule has 0 bridgehead atoms. The van der Waals surface area contributed by atoms with Gasteiger partial charge < -0.3 is 14.9 Å². The van der Waals surface area contributed by atoms with Crippen molar-refractivity contribution in [3.63, 3.8) is 0 Å². The lowest BCUT2D eigenvalue weighted by atomic mass is 10.2. The molecule has 1 N–H and O–H groups in total. The highest BCUT2D eigenvalue weighted by Gasteiger charge is 2.09. The SMILES string of the molecule is CN/N=C/c1cccc(OC)c1OCc1ccc(Cl)cc1. The average Bonchev–Trinajstić information content (AvgIpc) is 2.52. The van der Waals surface area contributed by atoms with Crippen LogP contribution in [0, 0.1) is 0 Å². The van der Waals surface area contributed by atoms with Gasteiger partial charge in [-0.2, -0.15) is 5.10 Å². The second-order valence-electron chi connectivity index (χ2n) is 4.28. The fraction of sp³-hybridized carbons (Fsp3) is 0.188. The molecule has 21 heavy (non-hydrogen) atoms. The second-order valence-corrected chi connectivity index (χ2v) is 4.71. The first-order valence-electron chi connectivity index (χ1n) is 6.48. The molecule has 0 aliphatic heterocycles. The van der Waals surface area contributed by atoms with Crippen molar-refractivity contribution < 1.29 is 9.47 Å². The molecule has 0 saturated carbocycles. The molecule has 110 valence electrons. The van der Waals surface area contributed by atoms with Crippen molar-refractivity contribution >= 4 is 17.8 Å². The molecule has 0 fully saturated rings. The Bertz CT molecular complexity index is 612. The summed E-state index contributed by atoms with van der Waals surface area (Å²) in [6.45, 7) is 0.429. The fourth-order valence-corrected chi connectivity index (χ4v) is 1.95. The summed E-state index contributed by atoms with van der Waals surface area (Å²) in [5.41, 5.74) is 4.59. The van der Waals surface area contributed by atoms with Gasteiger partial charge in [0.15, 0.2) is 11.5 Å². The Kier molecular flexibility index (Phi) is 5.46. The third kappa shape index (κ3) is 4.13. The minimum Gasteiger partial charge on any atom is -0.493 e. The van der Waals surface area contributed by atoms with E-state index in [4.69, 9.17) is 21.1 Å². The monoisotopic (exact) mass is 304 g/mol. The van der Waals surface area contributed by atoms with Crippen LogP contribution in [0.2, 0.25) is 5.02 Å². The molecule has 2 aromatic carbocycles. The first-order chi connectivity index (χ1) is 10.2. The van der Waals surface area contributed by atoms with Gasteiger partial charge in [0.2, 0.25) is 0 Å². The summed E-state index contributed by atoms with van der Waals surface area (Å²) in [4.78, 5) is 0. The number of nitrogens with one attached hydrogen (secondary N) is 1. The highest BCUT2D eigenvalue weighted by molar-refractivity contribution is 6.30. The minimum absolute atomic E-state index is 0.429. The third-order valence-electron chi connectivity index (χ3n) is 2.86. The van der Waals surface area contributed by atoms with Crippen LogP contribution in [0.4, 0.5) is 0 Å². The average molecular weight is 305 g/mol. The zero-order valence-electron chi connectivity index (χ0n) is 12.0. The van der Waals surface area contributed by atoms with Crippen molar-refractivity contribution in [1.82, 2.24) is 5.43 Å². The summed E-state index contributed by atoms with van der Waals surface area (Å²) in [6.07, 6.45) is 1.69. The third-order valence-corrected chi connectivity index (χ3v) is 3.11. The normalized spacial score (nSPS) is 10.6. The van der Waals surface area contributed by atoms with E-state index in [1.54, 1.807) is 20.4 Å². The summed E-state index contributed by atoms with van der Waals surface area (Å²) in [7, 11) is 3.36. The predicted octanol–water partition coefficient (Wildman–Crippen LogP) is 3.48. The fourth-order valence-electron chi connectivity index (χ4n) is 1.82. The lowest BCUT2D eigenvalue weighted by Crippen LogP contribution is -2.02. The summed E-state index contributed by atoms with van der Waals surface area (Å²) in [5.74, 6) is 1.33. The Hall–Kier alpha value is -2.20. The maximum atomic E-state index is 5.90. The molecule has 2 aromatic rings. The van der Waals surface area contributed by atoms with E-state index in [1.807, 2.05) is 42.5 Å².